The van der Waals surface area contributed by atoms with Crippen molar-refractivity contribution in [3.05, 3.63) is 29.3 Å². The van der Waals surface area contributed by atoms with Crippen molar-refractivity contribution in [3.8, 4) is 5.75 Å². The number of carboxylic acid groups (broad SMARTS) is 1. The molecule has 0 saturated heterocycles. The van der Waals surface area contributed by atoms with Crippen LogP contribution in [0.2, 0.25) is 0 Å². The molecule has 0 bridgehead atoms. The molecule has 0 aliphatic rings. The Hall–Kier alpha value is -1.55. The first-order chi connectivity index (χ1) is 10.0. The van der Waals surface area contributed by atoms with Gasteiger partial charge in [-0.15, -0.1) is 0 Å². The van der Waals surface area contributed by atoms with E-state index in [1.165, 1.54) is 20.0 Å². The second-order valence-corrected chi connectivity index (χ2v) is 5.42. The predicted octanol–water partition coefficient (Wildman–Crippen LogP) is 3.79. The summed E-state index contributed by atoms with van der Waals surface area (Å²) in [7, 11) is 1.51. The molecule has 21 heavy (non-hydrogen) atoms. The van der Waals surface area contributed by atoms with E-state index in [9.17, 15) is 4.79 Å². The van der Waals surface area contributed by atoms with Crippen LogP contribution < -0.4 is 4.74 Å². The van der Waals surface area contributed by atoms with Crippen LogP contribution in [0.3, 0.4) is 0 Å². The Morgan fingerprint density at radius 1 is 1.38 bits per heavy atom. The minimum Gasteiger partial charge on any atom is -0.496 e. The average Bonchev–Trinajstić information content (AvgIpc) is 2.50. The first kappa shape index (κ1) is 17.5. The fourth-order valence-corrected chi connectivity index (χ4v) is 2.32. The Morgan fingerprint density at radius 3 is 2.62 bits per heavy atom. The maximum absolute atomic E-state index is 11.1. The Labute approximate surface area is 127 Å². The molecule has 0 radical (unpaired) electrons. The number of benzene rings is 1. The molecular weight excluding hydrogens is 266 g/mol. The van der Waals surface area contributed by atoms with Crippen LogP contribution in [0.1, 0.15) is 56.0 Å². The lowest BCUT2D eigenvalue weighted by molar-refractivity contribution is 0.0693. The summed E-state index contributed by atoms with van der Waals surface area (Å²) in [5.74, 6) is -0.525. The standard InChI is InChI=1S/C17H27NO3/c1-5-7-10-18(13(3)6-2)12-14-8-9-15(17(19)20)16(11-14)21-4/h8-9,11,13H,5-7,10,12H2,1-4H3,(H,19,20). The molecule has 1 unspecified atom stereocenters. The van der Waals surface area contributed by atoms with Gasteiger partial charge in [-0.1, -0.05) is 26.3 Å². The number of hydrogen-bond acceptors (Lipinski definition) is 3. The summed E-state index contributed by atoms with van der Waals surface area (Å²) >= 11 is 0. The summed E-state index contributed by atoms with van der Waals surface area (Å²) < 4.78 is 5.20. The molecule has 1 aromatic rings. The quantitative estimate of drug-likeness (QED) is 0.752. The molecule has 0 spiro atoms. The minimum atomic E-state index is -0.955. The molecule has 0 aliphatic heterocycles. The predicted molar refractivity (Wildman–Crippen MR) is 85.0 cm³/mol. The number of methoxy groups -OCH3 is 1. The maximum Gasteiger partial charge on any atom is 0.339 e. The van der Waals surface area contributed by atoms with Crippen molar-refractivity contribution in [1.29, 1.82) is 0 Å². The Bertz CT molecular complexity index is 459. The van der Waals surface area contributed by atoms with Crippen LogP contribution in [-0.4, -0.2) is 35.7 Å². The molecule has 1 N–H and O–H groups in total. The Kier molecular flexibility index (Phi) is 7.23. The van der Waals surface area contributed by atoms with Gasteiger partial charge in [-0.25, -0.2) is 4.79 Å². The Morgan fingerprint density at radius 2 is 2.10 bits per heavy atom. The normalized spacial score (nSPS) is 12.4. The first-order valence-corrected chi connectivity index (χ1v) is 7.67. The van der Waals surface area contributed by atoms with Gasteiger partial charge in [0.25, 0.3) is 0 Å². The zero-order valence-corrected chi connectivity index (χ0v) is 13.6. The molecule has 1 atom stereocenters. The van der Waals surface area contributed by atoms with E-state index in [0.717, 1.165) is 25.1 Å². The lowest BCUT2D eigenvalue weighted by Gasteiger charge is -2.28. The van der Waals surface area contributed by atoms with Gasteiger partial charge in [0, 0.05) is 12.6 Å². The van der Waals surface area contributed by atoms with Gasteiger partial charge >= 0.3 is 5.97 Å². The maximum atomic E-state index is 11.1. The van der Waals surface area contributed by atoms with Gasteiger partial charge in [0.05, 0.1) is 7.11 Å². The fourth-order valence-electron chi connectivity index (χ4n) is 2.32. The molecular formula is C17H27NO3. The SMILES string of the molecule is CCCCN(Cc1ccc(C(=O)O)c(OC)c1)C(C)CC. The van der Waals surface area contributed by atoms with E-state index in [1.54, 1.807) is 6.07 Å². The van der Waals surface area contributed by atoms with E-state index in [2.05, 4.69) is 25.7 Å². The van der Waals surface area contributed by atoms with Crippen LogP contribution in [0.15, 0.2) is 18.2 Å². The molecule has 0 heterocycles. The minimum absolute atomic E-state index is 0.213. The summed E-state index contributed by atoms with van der Waals surface area (Å²) in [5, 5.41) is 9.12. The van der Waals surface area contributed by atoms with E-state index >= 15 is 0 Å². The third-order valence-corrected chi connectivity index (χ3v) is 3.90. The van der Waals surface area contributed by atoms with Crippen LogP contribution in [-0.2, 0) is 6.54 Å². The summed E-state index contributed by atoms with van der Waals surface area (Å²) in [4.78, 5) is 13.6. The summed E-state index contributed by atoms with van der Waals surface area (Å²) in [5.41, 5.74) is 1.30. The van der Waals surface area contributed by atoms with Crippen molar-refractivity contribution in [2.75, 3.05) is 13.7 Å². The highest BCUT2D eigenvalue weighted by molar-refractivity contribution is 5.90. The number of carboxylic acids is 1. The monoisotopic (exact) mass is 293 g/mol. The third kappa shape index (κ3) is 5.05. The molecule has 4 heteroatoms. The van der Waals surface area contributed by atoms with Crippen molar-refractivity contribution in [1.82, 2.24) is 4.90 Å². The van der Waals surface area contributed by atoms with Gasteiger partial charge in [-0.2, -0.15) is 0 Å². The van der Waals surface area contributed by atoms with Crippen LogP contribution in [0.25, 0.3) is 0 Å². The van der Waals surface area contributed by atoms with Gasteiger partial charge in [-0.05, 0) is 44.0 Å². The van der Waals surface area contributed by atoms with Crippen LogP contribution in [0, 0.1) is 0 Å². The van der Waals surface area contributed by atoms with Crippen LogP contribution >= 0.6 is 0 Å². The Balaban J connectivity index is 2.90. The van der Waals surface area contributed by atoms with Gasteiger partial charge < -0.3 is 9.84 Å². The van der Waals surface area contributed by atoms with Crippen molar-refractivity contribution >= 4 is 5.97 Å². The molecule has 118 valence electrons. The van der Waals surface area contributed by atoms with Crippen molar-refractivity contribution in [2.45, 2.75) is 52.6 Å². The van der Waals surface area contributed by atoms with Gasteiger partial charge in [0.15, 0.2) is 0 Å². The highest BCUT2D eigenvalue weighted by Gasteiger charge is 2.15. The highest BCUT2D eigenvalue weighted by Crippen LogP contribution is 2.22. The number of ether oxygens (including phenoxy) is 1. The fraction of sp³-hybridized carbons (Fsp3) is 0.588. The molecule has 0 amide bonds. The number of aromatic carboxylic acids is 1. The number of carbonyl (C=O) groups is 1. The van der Waals surface area contributed by atoms with Gasteiger partial charge in [-0.3, -0.25) is 4.90 Å². The van der Waals surface area contributed by atoms with Crippen molar-refractivity contribution < 1.29 is 14.6 Å². The number of nitrogens with zero attached hydrogens (tertiary/aromatic N) is 1. The molecule has 1 rings (SSSR count). The smallest absolute Gasteiger partial charge is 0.339 e. The largest absolute Gasteiger partial charge is 0.496 e. The molecule has 0 saturated carbocycles. The molecule has 0 aromatic heterocycles. The topological polar surface area (TPSA) is 49.8 Å². The zero-order valence-electron chi connectivity index (χ0n) is 13.6. The van der Waals surface area contributed by atoms with E-state index in [4.69, 9.17) is 9.84 Å². The second kappa shape index (κ2) is 8.67. The third-order valence-electron chi connectivity index (χ3n) is 3.90. The van der Waals surface area contributed by atoms with E-state index in [0.29, 0.717) is 11.8 Å². The van der Waals surface area contributed by atoms with E-state index in [1.807, 2.05) is 12.1 Å². The van der Waals surface area contributed by atoms with Crippen molar-refractivity contribution in [2.24, 2.45) is 0 Å². The van der Waals surface area contributed by atoms with E-state index in [-0.39, 0.29) is 5.56 Å². The highest BCUT2D eigenvalue weighted by atomic mass is 16.5. The molecule has 4 nitrogen and oxygen atoms in total. The van der Waals surface area contributed by atoms with Gasteiger partial charge in [0.1, 0.15) is 11.3 Å². The molecule has 1 aromatic carbocycles. The lowest BCUT2D eigenvalue weighted by Crippen LogP contribution is -2.33. The first-order valence-electron chi connectivity index (χ1n) is 7.67. The zero-order chi connectivity index (χ0) is 15.8. The lowest BCUT2D eigenvalue weighted by atomic mass is 10.1. The number of rotatable bonds is 9. The molecule has 0 fully saturated rings. The summed E-state index contributed by atoms with van der Waals surface area (Å²) in [6.45, 7) is 8.51. The van der Waals surface area contributed by atoms with E-state index < -0.39 is 5.97 Å². The average molecular weight is 293 g/mol. The van der Waals surface area contributed by atoms with Crippen molar-refractivity contribution in [3.63, 3.8) is 0 Å². The number of unbranched alkanes of at least 4 members (excludes halogenated alkanes) is 1. The summed E-state index contributed by atoms with van der Waals surface area (Å²) in [6.07, 6.45) is 3.46. The van der Waals surface area contributed by atoms with Crippen LogP contribution in [0.4, 0.5) is 0 Å². The van der Waals surface area contributed by atoms with Gasteiger partial charge in [0.2, 0.25) is 0 Å². The summed E-state index contributed by atoms with van der Waals surface area (Å²) in [6, 6.07) is 5.87. The van der Waals surface area contributed by atoms with Crippen LogP contribution in [0.5, 0.6) is 5.75 Å². The second-order valence-electron chi connectivity index (χ2n) is 5.42. The molecule has 0 aliphatic carbocycles. The number of hydrogen-bond donors (Lipinski definition) is 1.